The van der Waals surface area contributed by atoms with E-state index in [2.05, 4.69) is 11.7 Å². The van der Waals surface area contributed by atoms with Crippen LogP contribution in [0.1, 0.15) is 23.7 Å². The van der Waals surface area contributed by atoms with E-state index in [1.807, 2.05) is 0 Å². The van der Waals surface area contributed by atoms with Crippen LogP contribution in [-0.2, 0) is 4.74 Å². The normalized spacial score (nSPS) is 14.7. The number of esters is 1. The molecule has 3 aromatic carbocycles. The molecule has 0 amide bonds. The summed E-state index contributed by atoms with van der Waals surface area (Å²) in [7, 11) is 0. The molecule has 0 aromatic heterocycles. The fraction of sp³-hybridized carbons (Fsp3) is 0.269. The van der Waals surface area contributed by atoms with Crippen LogP contribution in [0.25, 0.3) is 11.1 Å². The van der Waals surface area contributed by atoms with Gasteiger partial charge in [-0.25, -0.2) is 4.79 Å². The summed E-state index contributed by atoms with van der Waals surface area (Å²) in [5.74, 6) is 0.221. The van der Waals surface area contributed by atoms with Gasteiger partial charge in [-0.1, -0.05) is 31.2 Å². The quantitative estimate of drug-likeness (QED) is 0.285. The minimum absolute atomic E-state index is 0.0721. The molecular formula is C26H23F3O5. The summed E-state index contributed by atoms with van der Waals surface area (Å²) in [6.45, 7) is 4.08. The molecule has 0 bridgehead atoms. The van der Waals surface area contributed by atoms with Gasteiger partial charge in [0.05, 0.1) is 30.8 Å². The average molecular weight is 472 g/mol. The van der Waals surface area contributed by atoms with Crippen molar-refractivity contribution in [3.63, 3.8) is 0 Å². The maximum absolute atomic E-state index is 12.5. The lowest BCUT2D eigenvalue weighted by atomic mass is 9.84. The Morgan fingerprint density at radius 1 is 0.853 bits per heavy atom. The van der Waals surface area contributed by atoms with Crippen molar-refractivity contribution in [3.8, 4) is 28.4 Å². The van der Waals surface area contributed by atoms with E-state index in [1.165, 1.54) is 24.3 Å². The lowest BCUT2D eigenvalue weighted by molar-refractivity contribution is -0.274. The van der Waals surface area contributed by atoms with E-state index in [-0.39, 0.29) is 11.2 Å². The Labute approximate surface area is 195 Å². The lowest BCUT2D eigenvalue weighted by Crippen LogP contribution is -2.46. The molecule has 0 atom stereocenters. The van der Waals surface area contributed by atoms with Gasteiger partial charge in [0, 0.05) is 0 Å². The van der Waals surface area contributed by atoms with Crippen LogP contribution >= 0.6 is 0 Å². The van der Waals surface area contributed by atoms with Crippen molar-refractivity contribution in [2.45, 2.75) is 19.7 Å². The number of ether oxygens (including phenoxy) is 4. The number of benzene rings is 3. The molecule has 1 heterocycles. The number of rotatable bonds is 8. The Bertz CT molecular complexity index is 1100. The van der Waals surface area contributed by atoms with Gasteiger partial charge in [0.1, 0.15) is 17.2 Å². The Morgan fingerprint density at radius 3 is 1.85 bits per heavy atom. The van der Waals surface area contributed by atoms with Crippen molar-refractivity contribution < 1.29 is 36.9 Å². The highest BCUT2D eigenvalue weighted by molar-refractivity contribution is 5.91. The second-order valence-corrected chi connectivity index (χ2v) is 8.15. The second kappa shape index (κ2) is 9.77. The molecule has 0 aliphatic carbocycles. The molecule has 3 aromatic rings. The second-order valence-electron chi connectivity index (χ2n) is 8.15. The zero-order valence-corrected chi connectivity index (χ0v) is 18.4. The van der Waals surface area contributed by atoms with Gasteiger partial charge in [-0.15, -0.1) is 13.2 Å². The molecule has 0 radical (unpaired) electrons. The molecule has 0 spiro atoms. The Hall–Kier alpha value is -3.52. The van der Waals surface area contributed by atoms with Crippen LogP contribution in [0.5, 0.6) is 17.2 Å². The standard InChI is InChI=1S/C26H23F3O5/c1-2-25(15-31-16-25)17-32-21-9-7-20(8-10-21)24(30)33-22-11-3-18(4-12-22)19-5-13-23(14-6-19)34-26(27,28)29/h3-14H,2,15-17H2,1H3. The van der Waals surface area contributed by atoms with Gasteiger partial charge in [-0.3, -0.25) is 0 Å². The number of carbonyl (C=O) groups excluding carboxylic acids is 1. The average Bonchev–Trinajstić information content (AvgIpc) is 2.79. The van der Waals surface area contributed by atoms with Crippen molar-refractivity contribution in [2.24, 2.45) is 5.41 Å². The Balaban J connectivity index is 1.32. The fourth-order valence-corrected chi connectivity index (χ4v) is 3.43. The molecule has 178 valence electrons. The Morgan fingerprint density at radius 2 is 1.38 bits per heavy atom. The first-order chi connectivity index (χ1) is 16.3. The van der Waals surface area contributed by atoms with Crippen molar-refractivity contribution in [2.75, 3.05) is 19.8 Å². The van der Waals surface area contributed by atoms with Crippen LogP contribution in [-0.4, -0.2) is 32.2 Å². The summed E-state index contributed by atoms with van der Waals surface area (Å²) in [5.41, 5.74) is 1.90. The number of hydrogen-bond acceptors (Lipinski definition) is 5. The smallest absolute Gasteiger partial charge is 0.493 e. The first-order valence-corrected chi connectivity index (χ1v) is 10.7. The summed E-state index contributed by atoms with van der Waals surface area (Å²) in [4.78, 5) is 12.5. The van der Waals surface area contributed by atoms with Crippen LogP contribution < -0.4 is 14.2 Å². The first-order valence-electron chi connectivity index (χ1n) is 10.7. The van der Waals surface area contributed by atoms with Gasteiger partial charge in [-0.2, -0.15) is 0 Å². The van der Waals surface area contributed by atoms with Crippen LogP contribution in [0.3, 0.4) is 0 Å². The van der Waals surface area contributed by atoms with Crippen molar-refractivity contribution in [1.82, 2.24) is 0 Å². The SMILES string of the molecule is CCC1(COc2ccc(C(=O)Oc3ccc(-c4ccc(OC(F)(F)F)cc4)cc3)cc2)COC1. The van der Waals surface area contributed by atoms with Gasteiger partial charge in [-0.05, 0) is 66.1 Å². The van der Waals surface area contributed by atoms with Crippen LogP contribution in [0.2, 0.25) is 0 Å². The third-order valence-electron chi connectivity index (χ3n) is 5.69. The summed E-state index contributed by atoms with van der Waals surface area (Å²) < 4.78 is 57.3. The first kappa shape index (κ1) is 23.6. The number of halogens is 3. The maximum Gasteiger partial charge on any atom is 0.573 e. The minimum Gasteiger partial charge on any atom is -0.493 e. The molecule has 8 heteroatoms. The zero-order valence-electron chi connectivity index (χ0n) is 18.4. The molecule has 0 saturated carbocycles. The highest BCUT2D eigenvalue weighted by atomic mass is 19.4. The third-order valence-corrected chi connectivity index (χ3v) is 5.69. The fourth-order valence-electron chi connectivity index (χ4n) is 3.43. The monoisotopic (exact) mass is 472 g/mol. The zero-order chi connectivity index (χ0) is 24.2. The predicted molar refractivity (Wildman–Crippen MR) is 119 cm³/mol. The maximum atomic E-state index is 12.5. The summed E-state index contributed by atoms with van der Waals surface area (Å²) in [6, 6.07) is 18.9. The third kappa shape index (κ3) is 5.88. The largest absolute Gasteiger partial charge is 0.573 e. The van der Waals surface area contributed by atoms with E-state index in [0.29, 0.717) is 42.4 Å². The van der Waals surface area contributed by atoms with E-state index < -0.39 is 12.3 Å². The van der Waals surface area contributed by atoms with E-state index in [9.17, 15) is 18.0 Å². The van der Waals surface area contributed by atoms with Gasteiger partial charge < -0.3 is 18.9 Å². The highest BCUT2D eigenvalue weighted by Gasteiger charge is 2.37. The molecule has 4 rings (SSSR count). The van der Waals surface area contributed by atoms with Crippen molar-refractivity contribution >= 4 is 5.97 Å². The molecule has 0 N–H and O–H groups in total. The molecular weight excluding hydrogens is 449 g/mol. The predicted octanol–water partition coefficient (Wildman–Crippen LogP) is 6.28. The minimum atomic E-state index is -4.73. The van der Waals surface area contributed by atoms with Crippen LogP contribution in [0, 0.1) is 5.41 Å². The molecule has 5 nitrogen and oxygen atoms in total. The Kier molecular flexibility index (Phi) is 6.79. The molecule has 1 fully saturated rings. The van der Waals surface area contributed by atoms with Crippen molar-refractivity contribution in [3.05, 3.63) is 78.4 Å². The number of carbonyl (C=O) groups is 1. The van der Waals surface area contributed by atoms with Crippen LogP contribution in [0.15, 0.2) is 72.8 Å². The van der Waals surface area contributed by atoms with Crippen molar-refractivity contribution in [1.29, 1.82) is 0 Å². The van der Waals surface area contributed by atoms with E-state index in [0.717, 1.165) is 12.0 Å². The van der Waals surface area contributed by atoms with Crippen LogP contribution in [0.4, 0.5) is 13.2 Å². The molecule has 34 heavy (non-hydrogen) atoms. The summed E-state index contributed by atoms with van der Waals surface area (Å²) in [6.07, 6.45) is -3.75. The van der Waals surface area contributed by atoms with Gasteiger partial charge in [0.15, 0.2) is 0 Å². The lowest BCUT2D eigenvalue weighted by Gasteiger charge is -2.40. The summed E-state index contributed by atoms with van der Waals surface area (Å²) >= 11 is 0. The van der Waals surface area contributed by atoms with Gasteiger partial charge in [0.2, 0.25) is 0 Å². The van der Waals surface area contributed by atoms with E-state index in [1.54, 1.807) is 48.5 Å². The van der Waals surface area contributed by atoms with E-state index >= 15 is 0 Å². The number of hydrogen-bond donors (Lipinski definition) is 0. The van der Waals surface area contributed by atoms with Gasteiger partial charge in [0.25, 0.3) is 0 Å². The topological polar surface area (TPSA) is 54.0 Å². The highest BCUT2D eigenvalue weighted by Crippen LogP contribution is 2.32. The molecule has 1 aliphatic rings. The molecule has 1 saturated heterocycles. The number of alkyl halides is 3. The summed E-state index contributed by atoms with van der Waals surface area (Å²) in [5, 5.41) is 0. The molecule has 0 unspecified atom stereocenters. The van der Waals surface area contributed by atoms with Gasteiger partial charge >= 0.3 is 12.3 Å². The van der Waals surface area contributed by atoms with E-state index in [4.69, 9.17) is 14.2 Å². The molecule has 1 aliphatic heterocycles.